The Morgan fingerprint density at radius 1 is 1.03 bits per heavy atom. The predicted octanol–water partition coefficient (Wildman–Crippen LogP) is 3.08. The lowest BCUT2D eigenvalue weighted by Gasteiger charge is -2.54. The minimum absolute atomic E-state index is 0.0730. The number of piperidine rings is 1. The molecule has 2 aliphatic heterocycles. The van der Waals surface area contributed by atoms with Crippen LogP contribution in [-0.4, -0.2) is 88.6 Å². The summed E-state index contributed by atoms with van der Waals surface area (Å²) in [6.07, 6.45) is -2.36. The maximum Gasteiger partial charge on any atom is 0.389 e. The Labute approximate surface area is 209 Å². The number of benzene rings is 1. The lowest BCUT2D eigenvalue weighted by atomic mass is 9.65. The normalized spacial score (nSPS) is 25.4. The van der Waals surface area contributed by atoms with Crippen molar-refractivity contribution in [1.29, 1.82) is 0 Å². The molecule has 2 atom stereocenters. The first-order valence-corrected chi connectivity index (χ1v) is 12.6. The molecule has 1 spiro atoms. The van der Waals surface area contributed by atoms with E-state index < -0.39 is 35.4 Å². The average molecular weight is 510 g/mol. The molecule has 0 aromatic heterocycles. The number of halogens is 3. The van der Waals surface area contributed by atoms with E-state index in [0.717, 1.165) is 12.8 Å². The predicted molar refractivity (Wildman–Crippen MR) is 126 cm³/mol. The second-order valence-corrected chi connectivity index (χ2v) is 10.7. The summed E-state index contributed by atoms with van der Waals surface area (Å²) in [7, 11) is 0. The Kier molecular flexibility index (Phi) is 7.37. The molecule has 3 fully saturated rings. The fourth-order valence-electron chi connectivity index (χ4n) is 6.16. The van der Waals surface area contributed by atoms with Gasteiger partial charge in [0.25, 0.3) is 5.91 Å². The number of piperazine rings is 1. The van der Waals surface area contributed by atoms with E-state index in [9.17, 15) is 32.7 Å². The number of rotatable bonds is 5. The van der Waals surface area contributed by atoms with Gasteiger partial charge in [0.05, 0.1) is 18.6 Å². The Balaban J connectivity index is 1.43. The summed E-state index contributed by atoms with van der Waals surface area (Å²) in [5.41, 5.74) is -1.38. The van der Waals surface area contributed by atoms with Gasteiger partial charge in [-0.25, -0.2) is 0 Å². The van der Waals surface area contributed by atoms with Crippen molar-refractivity contribution in [2.24, 2.45) is 11.3 Å². The van der Waals surface area contributed by atoms with Gasteiger partial charge < -0.3 is 19.8 Å². The topological polar surface area (TPSA) is 81.2 Å². The standard InChI is InChI=1S/C26H34F3N3O4/c1-19(15-26(27,28)29)22(34)32-12-11-25(36,24(17-32)9-5-6-10-24)18-31-14-13-30(16-21(31)33)23(35)20-7-3-2-4-8-20/h2-4,7-8,19,36H,5-6,9-18H2,1H3/t19-,25?/m1/s1. The van der Waals surface area contributed by atoms with Gasteiger partial charge in [0.15, 0.2) is 0 Å². The molecule has 1 aromatic carbocycles. The third kappa shape index (κ3) is 5.38. The van der Waals surface area contributed by atoms with Crippen LogP contribution in [0.3, 0.4) is 0 Å². The van der Waals surface area contributed by atoms with E-state index in [1.165, 1.54) is 16.7 Å². The minimum Gasteiger partial charge on any atom is -0.387 e. The number of alkyl halides is 3. The van der Waals surface area contributed by atoms with Crippen LogP contribution in [0.4, 0.5) is 13.2 Å². The van der Waals surface area contributed by atoms with Crippen LogP contribution < -0.4 is 0 Å². The van der Waals surface area contributed by atoms with Crippen LogP contribution in [0.5, 0.6) is 0 Å². The monoisotopic (exact) mass is 509 g/mol. The molecule has 2 saturated heterocycles. The van der Waals surface area contributed by atoms with Crippen LogP contribution >= 0.6 is 0 Å². The molecule has 36 heavy (non-hydrogen) atoms. The highest BCUT2D eigenvalue weighted by Gasteiger charge is 2.56. The first-order valence-electron chi connectivity index (χ1n) is 12.6. The summed E-state index contributed by atoms with van der Waals surface area (Å²) < 4.78 is 38.5. The summed E-state index contributed by atoms with van der Waals surface area (Å²) in [6.45, 7) is 2.32. The van der Waals surface area contributed by atoms with Crippen molar-refractivity contribution >= 4 is 17.7 Å². The molecule has 1 unspecified atom stereocenters. The van der Waals surface area contributed by atoms with Crippen LogP contribution in [0, 0.1) is 11.3 Å². The minimum atomic E-state index is -4.42. The number of carbonyl (C=O) groups is 3. The quantitative estimate of drug-likeness (QED) is 0.662. The summed E-state index contributed by atoms with van der Waals surface area (Å²) in [4.78, 5) is 43.2. The second kappa shape index (κ2) is 10.0. The van der Waals surface area contributed by atoms with Crippen molar-refractivity contribution in [3.63, 3.8) is 0 Å². The molecule has 10 heteroatoms. The number of hydrogen-bond donors (Lipinski definition) is 1. The third-order valence-electron chi connectivity index (χ3n) is 8.19. The number of β-amino-alcohol motifs (C(OH)–C–C–N with tert-alkyl or cyclic N) is 1. The molecule has 7 nitrogen and oxygen atoms in total. The van der Waals surface area contributed by atoms with Gasteiger partial charge in [0.1, 0.15) is 6.54 Å². The van der Waals surface area contributed by atoms with Gasteiger partial charge in [-0.05, 0) is 31.4 Å². The second-order valence-electron chi connectivity index (χ2n) is 10.7. The Hall–Kier alpha value is -2.62. The maximum atomic E-state index is 13.0. The highest BCUT2D eigenvalue weighted by atomic mass is 19.4. The van der Waals surface area contributed by atoms with Gasteiger partial charge in [0, 0.05) is 43.1 Å². The van der Waals surface area contributed by atoms with Gasteiger partial charge in [-0.1, -0.05) is 38.0 Å². The van der Waals surface area contributed by atoms with Crippen molar-refractivity contribution in [3.8, 4) is 0 Å². The van der Waals surface area contributed by atoms with E-state index in [1.54, 1.807) is 29.2 Å². The van der Waals surface area contributed by atoms with Gasteiger partial charge in [-0.3, -0.25) is 14.4 Å². The Morgan fingerprint density at radius 3 is 2.31 bits per heavy atom. The van der Waals surface area contributed by atoms with E-state index in [1.807, 2.05) is 6.07 Å². The molecule has 2 heterocycles. The molecule has 0 radical (unpaired) electrons. The van der Waals surface area contributed by atoms with Crippen molar-refractivity contribution in [2.45, 2.75) is 57.2 Å². The van der Waals surface area contributed by atoms with E-state index >= 15 is 0 Å². The molecule has 198 valence electrons. The largest absolute Gasteiger partial charge is 0.389 e. The fourth-order valence-corrected chi connectivity index (χ4v) is 6.16. The van der Waals surface area contributed by atoms with E-state index in [0.29, 0.717) is 31.5 Å². The molecule has 4 rings (SSSR count). The number of carbonyl (C=O) groups excluding carboxylic acids is 3. The number of aliphatic hydroxyl groups is 1. The summed E-state index contributed by atoms with van der Waals surface area (Å²) >= 11 is 0. The zero-order chi connectivity index (χ0) is 26.1. The zero-order valence-corrected chi connectivity index (χ0v) is 20.6. The molecule has 0 bridgehead atoms. The molecule has 3 amide bonds. The highest BCUT2D eigenvalue weighted by Crippen LogP contribution is 2.51. The van der Waals surface area contributed by atoms with E-state index in [-0.39, 0.29) is 44.4 Å². The van der Waals surface area contributed by atoms with Crippen LogP contribution in [-0.2, 0) is 9.59 Å². The SMILES string of the molecule is C[C@H](CC(F)(F)F)C(=O)N1CCC(O)(CN2CCN(C(=O)c3ccccc3)CC2=O)C2(CCCC2)C1. The fraction of sp³-hybridized carbons (Fsp3) is 0.654. The zero-order valence-electron chi connectivity index (χ0n) is 20.6. The molecular weight excluding hydrogens is 475 g/mol. The number of nitrogens with zero attached hydrogens (tertiary/aromatic N) is 3. The van der Waals surface area contributed by atoms with Crippen molar-refractivity contribution in [1.82, 2.24) is 14.7 Å². The number of likely N-dealkylation sites (tertiary alicyclic amines) is 1. The molecule has 1 aliphatic carbocycles. The summed E-state index contributed by atoms with van der Waals surface area (Å²) in [5, 5.41) is 11.9. The van der Waals surface area contributed by atoms with E-state index in [2.05, 4.69) is 0 Å². The highest BCUT2D eigenvalue weighted by molar-refractivity contribution is 5.97. The summed E-state index contributed by atoms with van der Waals surface area (Å²) in [5.74, 6) is -2.17. The lowest BCUT2D eigenvalue weighted by molar-refractivity contribution is -0.176. The van der Waals surface area contributed by atoms with Gasteiger partial charge in [0.2, 0.25) is 11.8 Å². The smallest absolute Gasteiger partial charge is 0.387 e. The average Bonchev–Trinajstić information content (AvgIpc) is 3.31. The molecular formula is C26H34F3N3O4. The first kappa shape index (κ1) is 26.4. The van der Waals surface area contributed by atoms with Crippen LogP contribution in [0.1, 0.15) is 55.8 Å². The third-order valence-corrected chi connectivity index (χ3v) is 8.19. The van der Waals surface area contributed by atoms with Gasteiger partial charge in [-0.2, -0.15) is 13.2 Å². The van der Waals surface area contributed by atoms with Gasteiger partial charge >= 0.3 is 6.18 Å². The Morgan fingerprint density at radius 2 is 1.69 bits per heavy atom. The Bertz CT molecular complexity index is 980. The number of amides is 3. The van der Waals surface area contributed by atoms with Gasteiger partial charge in [-0.15, -0.1) is 0 Å². The van der Waals surface area contributed by atoms with Crippen LogP contribution in [0.25, 0.3) is 0 Å². The lowest BCUT2D eigenvalue weighted by Crippen LogP contribution is -2.66. The summed E-state index contributed by atoms with van der Waals surface area (Å²) in [6, 6.07) is 8.76. The van der Waals surface area contributed by atoms with Crippen molar-refractivity contribution in [3.05, 3.63) is 35.9 Å². The van der Waals surface area contributed by atoms with E-state index in [4.69, 9.17) is 0 Å². The molecule has 1 aromatic rings. The van der Waals surface area contributed by atoms with Crippen LogP contribution in [0.15, 0.2) is 30.3 Å². The first-order chi connectivity index (χ1) is 16.9. The molecule has 1 saturated carbocycles. The molecule has 1 N–H and O–H groups in total. The number of hydrogen-bond acceptors (Lipinski definition) is 4. The molecule has 3 aliphatic rings. The van der Waals surface area contributed by atoms with Crippen molar-refractivity contribution < 1.29 is 32.7 Å². The maximum absolute atomic E-state index is 13.0. The van der Waals surface area contributed by atoms with Crippen LogP contribution in [0.2, 0.25) is 0 Å². The van der Waals surface area contributed by atoms with Crippen molar-refractivity contribution in [2.75, 3.05) is 39.3 Å².